The Balaban J connectivity index is 2.05. The van der Waals surface area contributed by atoms with Gasteiger partial charge in [0.05, 0.1) is 18.5 Å². The van der Waals surface area contributed by atoms with E-state index in [2.05, 4.69) is 20.2 Å². The van der Waals surface area contributed by atoms with Gasteiger partial charge in [-0.3, -0.25) is 4.98 Å². The fourth-order valence-corrected chi connectivity index (χ4v) is 1.87. The monoisotopic (exact) mass is 222 g/mol. The molecule has 0 spiro atoms. The number of aromatic nitrogens is 2. The second-order valence-corrected chi connectivity index (χ2v) is 4.01. The molecule has 88 valence electrons. The third kappa shape index (κ3) is 2.61. The standard InChI is InChI=1S/C11H18N4O/c1-2-13-10-7-12-8-11(14-10)15-5-3-9(16)4-6-15/h7-9,16H,2-6H2,1H3,(H,13,14). The molecule has 0 aromatic carbocycles. The minimum atomic E-state index is -0.152. The summed E-state index contributed by atoms with van der Waals surface area (Å²) in [7, 11) is 0. The van der Waals surface area contributed by atoms with E-state index in [0.29, 0.717) is 0 Å². The Labute approximate surface area is 95.5 Å². The van der Waals surface area contributed by atoms with E-state index in [9.17, 15) is 5.11 Å². The molecule has 0 radical (unpaired) electrons. The van der Waals surface area contributed by atoms with Gasteiger partial charge in [0.2, 0.25) is 0 Å². The van der Waals surface area contributed by atoms with Crippen molar-refractivity contribution < 1.29 is 5.11 Å². The van der Waals surface area contributed by atoms with Crippen LogP contribution in [0.2, 0.25) is 0 Å². The summed E-state index contributed by atoms with van der Waals surface area (Å²) in [4.78, 5) is 10.8. The number of anilines is 2. The van der Waals surface area contributed by atoms with Crippen molar-refractivity contribution >= 4 is 11.6 Å². The quantitative estimate of drug-likeness (QED) is 0.794. The molecule has 1 saturated heterocycles. The molecule has 1 aliphatic rings. The van der Waals surface area contributed by atoms with Crippen molar-refractivity contribution in [1.82, 2.24) is 9.97 Å². The van der Waals surface area contributed by atoms with Gasteiger partial charge >= 0.3 is 0 Å². The van der Waals surface area contributed by atoms with Gasteiger partial charge in [0.25, 0.3) is 0 Å². The second kappa shape index (κ2) is 5.12. The molecule has 5 nitrogen and oxygen atoms in total. The Morgan fingerprint density at radius 2 is 2.19 bits per heavy atom. The minimum absolute atomic E-state index is 0.152. The van der Waals surface area contributed by atoms with Crippen LogP contribution in [0.5, 0.6) is 0 Å². The molecule has 0 unspecified atom stereocenters. The number of aliphatic hydroxyl groups excluding tert-OH is 1. The molecule has 1 fully saturated rings. The van der Waals surface area contributed by atoms with E-state index in [0.717, 1.165) is 44.1 Å². The predicted octanol–water partition coefficient (Wildman–Crippen LogP) is 0.869. The molecule has 0 saturated carbocycles. The summed E-state index contributed by atoms with van der Waals surface area (Å²) >= 11 is 0. The molecule has 2 N–H and O–H groups in total. The van der Waals surface area contributed by atoms with Crippen LogP contribution in [0.15, 0.2) is 12.4 Å². The van der Waals surface area contributed by atoms with Crippen molar-refractivity contribution in [1.29, 1.82) is 0 Å². The summed E-state index contributed by atoms with van der Waals surface area (Å²) in [6.45, 7) is 4.58. The smallest absolute Gasteiger partial charge is 0.149 e. The number of nitrogens with one attached hydrogen (secondary N) is 1. The maximum atomic E-state index is 9.44. The molecular formula is C11H18N4O. The molecule has 0 atom stereocenters. The molecule has 0 aliphatic carbocycles. The second-order valence-electron chi connectivity index (χ2n) is 4.01. The molecule has 0 bridgehead atoms. The van der Waals surface area contributed by atoms with E-state index in [4.69, 9.17) is 0 Å². The van der Waals surface area contributed by atoms with Crippen LogP contribution in [0.4, 0.5) is 11.6 Å². The lowest BCUT2D eigenvalue weighted by molar-refractivity contribution is 0.145. The highest BCUT2D eigenvalue weighted by Gasteiger charge is 2.18. The molecule has 5 heteroatoms. The van der Waals surface area contributed by atoms with Crippen molar-refractivity contribution in [3.8, 4) is 0 Å². The molecule has 1 aromatic heterocycles. The normalized spacial score (nSPS) is 17.5. The lowest BCUT2D eigenvalue weighted by atomic mass is 10.1. The lowest BCUT2D eigenvalue weighted by Gasteiger charge is -2.30. The van der Waals surface area contributed by atoms with Crippen molar-refractivity contribution in [3.05, 3.63) is 12.4 Å². The van der Waals surface area contributed by atoms with Gasteiger partial charge in [0.15, 0.2) is 0 Å². The zero-order chi connectivity index (χ0) is 11.4. The maximum Gasteiger partial charge on any atom is 0.149 e. The maximum absolute atomic E-state index is 9.44. The van der Waals surface area contributed by atoms with Crippen LogP contribution >= 0.6 is 0 Å². The Morgan fingerprint density at radius 1 is 1.44 bits per heavy atom. The van der Waals surface area contributed by atoms with Crippen LogP contribution in [0.3, 0.4) is 0 Å². The molecule has 2 rings (SSSR count). The van der Waals surface area contributed by atoms with Crippen LogP contribution in [0.25, 0.3) is 0 Å². The minimum Gasteiger partial charge on any atom is -0.393 e. The zero-order valence-electron chi connectivity index (χ0n) is 9.56. The van der Waals surface area contributed by atoms with Gasteiger partial charge in [-0.05, 0) is 19.8 Å². The number of aliphatic hydroxyl groups is 1. The highest BCUT2D eigenvalue weighted by molar-refractivity contribution is 5.44. The molecule has 1 aromatic rings. The first-order chi connectivity index (χ1) is 7.79. The lowest BCUT2D eigenvalue weighted by Crippen LogP contribution is -2.36. The largest absolute Gasteiger partial charge is 0.393 e. The first-order valence-corrected chi connectivity index (χ1v) is 5.78. The highest BCUT2D eigenvalue weighted by Crippen LogP contribution is 2.18. The summed E-state index contributed by atoms with van der Waals surface area (Å²) in [6.07, 6.45) is 4.98. The fourth-order valence-electron chi connectivity index (χ4n) is 1.87. The Morgan fingerprint density at radius 3 is 2.88 bits per heavy atom. The first-order valence-electron chi connectivity index (χ1n) is 5.78. The van der Waals surface area contributed by atoms with E-state index in [-0.39, 0.29) is 6.10 Å². The third-order valence-electron chi connectivity index (χ3n) is 2.77. The van der Waals surface area contributed by atoms with Crippen molar-refractivity contribution in [2.45, 2.75) is 25.9 Å². The van der Waals surface area contributed by atoms with Crippen molar-refractivity contribution in [2.24, 2.45) is 0 Å². The highest BCUT2D eigenvalue weighted by atomic mass is 16.3. The van der Waals surface area contributed by atoms with Crippen molar-refractivity contribution in [2.75, 3.05) is 29.9 Å². The van der Waals surface area contributed by atoms with Crippen LogP contribution in [0, 0.1) is 0 Å². The van der Waals surface area contributed by atoms with E-state index in [1.807, 2.05) is 6.92 Å². The van der Waals surface area contributed by atoms with Crippen molar-refractivity contribution in [3.63, 3.8) is 0 Å². The predicted molar refractivity (Wildman–Crippen MR) is 63.6 cm³/mol. The molecule has 0 amide bonds. The van der Waals surface area contributed by atoms with Gasteiger partial charge in [0.1, 0.15) is 11.6 Å². The Kier molecular flexibility index (Phi) is 3.56. The number of piperidine rings is 1. The van der Waals surface area contributed by atoms with E-state index >= 15 is 0 Å². The summed E-state index contributed by atoms with van der Waals surface area (Å²) in [5.74, 6) is 1.71. The van der Waals surface area contributed by atoms with E-state index in [1.54, 1.807) is 12.4 Å². The zero-order valence-corrected chi connectivity index (χ0v) is 9.56. The molecule has 2 heterocycles. The topological polar surface area (TPSA) is 61.3 Å². The fraction of sp³-hybridized carbons (Fsp3) is 0.636. The number of hydrogen-bond donors (Lipinski definition) is 2. The number of rotatable bonds is 3. The number of nitrogens with zero attached hydrogens (tertiary/aromatic N) is 3. The van der Waals surface area contributed by atoms with Gasteiger partial charge in [-0.1, -0.05) is 0 Å². The van der Waals surface area contributed by atoms with Gasteiger partial charge in [-0.2, -0.15) is 0 Å². The van der Waals surface area contributed by atoms with Gasteiger partial charge in [0, 0.05) is 19.6 Å². The van der Waals surface area contributed by atoms with Crippen LogP contribution < -0.4 is 10.2 Å². The first kappa shape index (κ1) is 11.1. The average molecular weight is 222 g/mol. The summed E-state index contributed by atoms with van der Waals surface area (Å²) < 4.78 is 0. The Bertz CT molecular complexity index is 337. The summed E-state index contributed by atoms with van der Waals surface area (Å²) in [5.41, 5.74) is 0. The SMILES string of the molecule is CCNc1cncc(N2CCC(O)CC2)n1. The van der Waals surface area contributed by atoms with Crippen LogP contribution in [-0.4, -0.2) is 40.8 Å². The third-order valence-corrected chi connectivity index (χ3v) is 2.77. The summed E-state index contributed by atoms with van der Waals surface area (Å²) in [5, 5.41) is 12.6. The Hall–Kier alpha value is -1.36. The van der Waals surface area contributed by atoms with Gasteiger partial charge in [-0.25, -0.2) is 4.98 Å². The van der Waals surface area contributed by atoms with Gasteiger partial charge < -0.3 is 15.3 Å². The average Bonchev–Trinajstić information content (AvgIpc) is 2.31. The number of hydrogen-bond acceptors (Lipinski definition) is 5. The van der Waals surface area contributed by atoms with Crippen LogP contribution in [0.1, 0.15) is 19.8 Å². The van der Waals surface area contributed by atoms with Gasteiger partial charge in [-0.15, -0.1) is 0 Å². The molecule has 16 heavy (non-hydrogen) atoms. The summed E-state index contributed by atoms with van der Waals surface area (Å²) in [6, 6.07) is 0. The van der Waals surface area contributed by atoms with Crippen LogP contribution in [-0.2, 0) is 0 Å². The van der Waals surface area contributed by atoms with E-state index < -0.39 is 0 Å². The molecule has 1 aliphatic heterocycles. The molecular weight excluding hydrogens is 204 g/mol. The van der Waals surface area contributed by atoms with E-state index in [1.165, 1.54) is 0 Å².